The first-order chi connectivity index (χ1) is 9.93. The Kier molecular flexibility index (Phi) is 5.17. The molecule has 0 bridgehead atoms. The number of carbonyl (C=O) groups excluding carboxylic acids is 1. The van der Waals surface area contributed by atoms with Crippen LogP contribution in [0.5, 0.6) is 0 Å². The van der Waals surface area contributed by atoms with E-state index in [0.29, 0.717) is 35.5 Å². The number of aromatic nitrogens is 2. The van der Waals surface area contributed by atoms with E-state index in [2.05, 4.69) is 16.9 Å². The van der Waals surface area contributed by atoms with Gasteiger partial charge in [0.25, 0.3) is 5.91 Å². The fraction of sp³-hybridized carbons (Fsp3) is 0.667. The van der Waals surface area contributed by atoms with E-state index in [1.54, 1.807) is 0 Å². The number of piperidine rings is 1. The van der Waals surface area contributed by atoms with Crippen LogP contribution >= 0.6 is 11.6 Å². The minimum absolute atomic E-state index is 0.0646. The Morgan fingerprint density at radius 3 is 2.90 bits per heavy atom. The van der Waals surface area contributed by atoms with E-state index in [1.165, 1.54) is 6.20 Å². The van der Waals surface area contributed by atoms with Crippen molar-refractivity contribution in [2.45, 2.75) is 45.6 Å². The van der Waals surface area contributed by atoms with Gasteiger partial charge in [0.1, 0.15) is 5.82 Å². The van der Waals surface area contributed by atoms with Gasteiger partial charge in [-0.1, -0.05) is 32.4 Å². The molecular weight excluding hydrogens is 288 g/mol. The highest BCUT2D eigenvalue weighted by Gasteiger charge is 2.31. The molecule has 0 aliphatic carbocycles. The van der Waals surface area contributed by atoms with Crippen molar-refractivity contribution in [3.05, 3.63) is 22.7 Å². The fourth-order valence-corrected chi connectivity index (χ4v) is 2.86. The lowest BCUT2D eigenvalue weighted by Crippen LogP contribution is -2.49. The molecule has 2 atom stereocenters. The maximum absolute atomic E-state index is 12.8. The first-order valence-electron chi connectivity index (χ1n) is 7.47. The highest BCUT2D eigenvalue weighted by molar-refractivity contribution is 6.33. The predicted molar refractivity (Wildman–Crippen MR) is 83.4 cm³/mol. The lowest BCUT2D eigenvalue weighted by atomic mass is 9.92. The van der Waals surface area contributed by atoms with Crippen LogP contribution < -0.4 is 5.73 Å². The monoisotopic (exact) mass is 310 g/mol. The van der Waals surface area contributed by atoms with Gasteiger partial charge in [0.2, 0.25) is 0 Å². The normalized spacial score (nSPS) is 22.7. The molecule has 2 unspecified atom stereocenters. The molecule has 1 saturated heterocycles. The fourth-order valence-electron chi connectivity index (χ4n) is 2.69. The maximum atomic E-state index is 12.8. The highest BCUT2D eigenvalue weighted by atomic mass is 35.5. The number of rotatable bonds is 3. The Morgan fingerprint density at radius 2 is 2.29 bits per heavy atom. The summed E-state index contributed by atoms with van der Waals surface area (Å²) in [5.41, 5.74) is 6.12. The van der Waals surface area contributed by atoms with E-state index in [9.17, 15) is 4.79 Å². The second kappa shape index (κ2) is 6.71. The van der Waals surface area contributed by atoms with Crippen molar-refractivity contribution in [1.82, 2.24) is 14.9 Å². The Morgan fingerprint density at radius 1 is 1.57 bits per heavy atom. The SMILES string of the molecule is CC1CCN(C(=O)c2nc(C(C)C)ncc2Cl)C(CN)C1. The summed E-state index contributed by atoms with van der Waals surface area (Å²) in [4.78, 5) is 23.1. The quantitative estimate of drug-likeness (QED) is 0.930. The molecule has 6 heteroatoms. The maximum Gasteiger partial charge on any atom is 0.274 e. The molecule has 1 fully saturated rings. The summed E-state index contributed by atoms with van der Waals surface area (Å²) in [6.07, 6.45) is 3.44. The van der Waals surface area contributed by atoms with Crippen LogP contribution in [-0.4, -0.2) is 39.9 Å². The Balaban J connectivity index is 2.28. The number of likely N-dealkylation sites (tertiary alicyclic amines) is 1. The third-order valence-corrected chi connectivity index (χ3v) is 4.27. The standard InChI is InChI=1S/C15H23ClN4O/c1-9(2)14-18-8-12(16)13(19-14)15(21)20-5-4-10(3)6-11(20)7-17/h8-11H,4-7,17H2,1-3H3. The van der Waals surface area contributed by atoms with Gasteiger partial charge in [0.05, 0.1) is 11.2 Å². The molecule has 0 aromatic carbocycles. The van der Waals surface area contributed by atoms with Crippen LogP contribution in [0.2, 0.25) is 5.02 Å². The zero-order valence-corrected chi connectivity index (χ0v) is 13.6. The molecule has 0 spiro atoms. The third kappa shape index (κ3) is 3.52. The Bertz CT molecular complexity index is 520. The molecule has 0 radical (unpaired) electrons. The second-order valence-electron chi connectivity index (χ2n) is 6.10. The molecule has 2 rings (SSSR count). The lowest BCUT2D eigenvalue weighted by molar-refractivity contribution is 0.0567. The molecule has 1 aromatic heterocycles. The first-order valence-corrected chi connectivity index (χ1v) is 7.85. The summed E-state index contributed by atoms with van der Waals surface area (Å²) >= 11 is 6.13. The van der Waals surface area contributed by atoms with Crippen LogP contribution in [0.1, 0.15) is 55.8 Å². The molecule has 1 amide bonds. The number of amides is 1. The highest BCUT2D eigenvalue weighted by Crippen LogP contribution is 2.25. The average molecular weight is 311 g/mol. The van der Waals surface area contributed by atoms with Crippen molar-refractivity contribution in [1.29, 1.82) is 0 Å². The molecule has 1 aromatic rings. The molecule has 1 aliphatic rings. The van der Waals surface area contributed by atoms with E-state index < -0.39 is 0 Å². The van der Waals surface area contributed by atoms with E-state index in [1.807, 2.05) is 18.7 Å². The van der Waals surface area contributed by atoms with Crippen LogP contribution in [0.25, 0.3) is 0 Å². The molecule has 5 nitrogen and oxygen atoms in total. The zero-order valence-electron chi connectivity index (χ0n) is 12.8. The van der Waals surface area contributed by atoms with Crippen molar-refractivity contribution in [3.8, 4) is 0 Å². The van der Waals surface area contributed by atoms with E-state index in [-0.39, 0.29) is 17.9 Å². The first kappa shape index (κ1) is 16.2. The van der Waals surface area contributed by atoms with E-state index in [0.717, 1.165) is 12.8 Å². The van der Waals surface area contributed by atoms with Crippen LogP contribution in [-0.2, 0) is 0 Å². The number of hydrogen-bond donors (Lipinski definition) is 1. The second-order valence-corrected chi connectivity index (χ2v) is 6.50. The van der Waals surface area contributed by atoms with Gasteiger partial charge in [-0.2, -0.15) is 0 Å². The smallest absolute Gasteiger partial charge is 0.274 e. The molecule has 0 saturated carbocycles. The summed E-state index contributed by atoms with van der Waals surface area (Å²) < 4.78 is 0. The van der Waals surface area contributed by atoms with Crippen molar-refractivity contribution < 1.29 is 4.79 Å². The minimum Gasteiger partial charge on any atom is -0.333 e. The van der Waals surface area contributed by atoms with Crippen LogP contribution in [0, 0.1) is 5.92 Å². The molecule has 2 N–H and O–H groups in total. The van der Waals surface area contributed by atoms with Crippen molar-refractivity contribution >= 4 is 17.5 Å². The van der Waals surface area contributed by atoms with Gasteiger partial charge >= 0.3 is 0 Å². The van der Waals surface area contributed by atoms with Gasteiger partial charge in [-0.25, -0.2) is 9.97 Å². The number of halogens is 1. The number of nitrogens with zero attached hydrogens (tertiary/aromatic N) is 3. The van der Waals surface area contributed by atoms with Gasteiger partial charge in [0.15, 0.2) is 5.69 Å². The van der Waals surface area contributed by atoms with E-state index >= 15 is 0 Å². The molecule has 116 valence electrons. The molecule has 1 aliphatic heterocycles. The Hall–Kier alpha value is -1.20. The molecule has 2 heterocycles. The van der Waals surface area contributed by atoms with Gasteiger partial charge in [-0.3, -0.25) is 4.79 Å². The van der Waals surface area contributed by atoms with E-state index in [4.69, 9.17) is 17.3 Å². The summed E-state index contributed by atoms with van der Waals surface area (Å²) in [7, 11) is 0. The Labute approximate surface area is 130 Å². The third-order valence-electron chi connectivity index (χ3n) is 3.99. The largest absolute Gasteiger partial charge is 0.333 e. The van der Waals surface area contributed by atoms with Crippen molar-refractivity contribution in [2.75, 3.05) is 13.1 Å². The van der Waals surface area contributed by atoms with Crippen LogP contribution in [0.3, 0.4) is 0 Å². The number of nitrogens with two attached hydrogens (primary N) is 1. The number of hydrogen-bond acceptors (Lipinski definition) is 4. The topological polar surface area (TPSA) is 72.1 Å². The minimum atomic E-state index is -0.133. The van der Waals surface area contributed by atoms with Crippen LogP contribution in [0.15, 0.2) is 6.20 Å². The summed E-state index contributed by atoms with van der Waals surface area (Å²) in [5.74, 6) is 1.25. The number of carbonyl (C=O) groups is 1. The van der Waals surface area contributed by atoms with Crippen LogP contribution in [0.4, 0.5) is 0 Å². The van der Waals surface area contributed by atoms with Gasteiger partial charge in [0, 0.05) is 25.0 Å². The van der Waals surface area contributed by atoms with Gasteiger partial charge in [-0.15, -0.1) is 0 Å². The van der Waals surface area contributed by atoms with Gasteiger partial charge < -0.3 is 10.6 Å². The summed E-state index contributed by atoms with van der Waals surface area (Å²) in [6.45, 7) is 7.35. The predicted octanol–water partition coefficient (Wildman–Crippen LogP) is 2.45. The molecular formula is C15H23ClN4O. The van der Waals surface area contributed by atoms with Gasteiger partial charge in [-0.05, 0) is 18.8 Å². The average Bonchev–Trinajstić information content (AvgIpc) is 2.46. The molecule has 21 heavy (non-hydrogen) atoms. The lowest BCUT2D eigenvalue weighted by Gasteiger charge is -2.37. The van der Waals surface area contributed by atoms with Crippen molar-refractivity contribution in [3.63, 3.8) is 0 Å². The zero-order chi connectivity index (χ0) is 15.6. The summed E-state index contributed by atoms with van der Waals surface area (Å²) in [6, 6.07) is 0.0646. The summed E-state index contributed by atoms with van der Waals surface area (Å²) in [5, 5.41) is 0.304. The van der Waals surface area contributed by atoms with Crippen molar-refractivity contribution in [2.24, 2.45) is 11.7 Å².